The van der Waals surface area contributed by atoms with Gasteiger partial charge in [-0.3, -0.25) is 4.79 Å². The van der Waals surface area contributed by atoms with Gasteiger partial charge in [-0.2, -0.15) is 5.10 Å². The molecule has 1 aliphatic carbocycles. The Balaban J connectivity index is 1.69. The van der Waals surface area contributed by atoms with Crippen LogP contribution in [-0.4, -0.2) is 28.9 Å². The van der Waals surface area contributed by atoms with Crippen molar-refractivity contribution < 1.29 is 9.53 Å². The first-order chi connectivity index (χ1) is 16.0. The summed E-state index contributed by atoms with van der Waals surface area (Å²) < 4.78 is 6.63. The molecule has 7 heteroatoms. The van der Waals surface area contributed by atoms with E-state index in [1.807, 2.05) is 48.5 Å². The summed E-state index contributed by atoms with van der Waals surface area (Å²) in [5, 5.41) is 5.36. The Kier molecular flexibility index (Phi) is 6.96. The minimum atomic E-state index is -0.623. The van der Waals surface area contributed by atoms with Gasteiger partial charge in [-0.15, -0.1) is 0 Å². The second kappa shape index (κ2) is 9.89. The Hall–Kier alpha value is -2.96. The molecule has 0 unspecified atom stereocenters. The van der Waals surface area contributed by atoms with Gasteiger partial charge in [-0.1, -0.05) is 54.1 Å². The second-order valence-corrected chi connectivity index (χ2v) is 8.94. The van der Waals surface area contributed by atoms with Crippen molar-refractivity contribution in [3.05, 3.63) is 87.2 Å². The minimum absolute atomic E-state index is 0.0104. The van der Waals surface area contributed by atoms with Gasteiger partial charge in [0.2, 0.25) is 0 Å². The number of aromatic nitrogens is 2. The van der Waals surface area contributed by atoms with E-state index in [1.165, 1.54) is 10.7 Å². The van der Waals surface area contributed by atoms with Crippen molar-refractivity contribution in [3.8, 4) is 11.3 Å². The zero-order valence-corrected chi connectivity index (χ0v) is 19.4. The average Bonchev–Trinajstić information content (AvgIpc) is 2.85. The van der Waals surface area contributed by atoms with Gasteiger partial charge >= 0.3 is 5.97 Å². The second-order valence-electron chi connectivity index (χ2n) is 8.51. The van der Waals surface area contributed by atoms with Crippen LogP contribution in [0.1, 0.15) is 54.6 Å². The number of rotatable bonds is 6. The third kappa shape index (κ3) is 4.72. The number of hydrogen-bond donors (Lipinski definition) is 1. The molecular formula is C26H28ClN3O3. The highest BCUT2D eigenvalue weighted by molar-refractivity contribution is 6.30. The summed E-state index contributed by atoms with van der Waals surface area (Å²) in [7, 11) is 0. The van der Waals surface area contributed by atoms with Crippen LogP contribution in [0.15, 0.2) is 65.5 Å². The number of nitrogens with zero attached hydrogens (tertiary/aromatic N) is 2. The van der Waals surface area contributed by atoms with Gasteiger partial charge in [0, 0.05) is 22.5 Å². The third-order valence-corrected chi connectivity index (χ3v) is 6.82. The van der Waals surface area contributed by atoms with Crippen molar-refractivity contribution in [2.75, 3.05) is 13.2 Å². The molecule has 1 aliphatic rings. The summed E-state index contributed by atoms with van der Waals surface area (Å²) in [6.07, 6.45) is 3.04. The Morgan fingerprint density at radius 3 is 2.52 bits per heavy atom. The summed E-state index contributed by atoms with van der Waals surface area (Å²) in [6.45, 7) is 2.42. The van der Waals surface area contributed by atoms with Crippen LogP contribution in [-0.2, 0) is 10.2 Å². The maximum Gasteiger partial charge on any atom is 0.343 e. The molecule has 0 bridgehead atoms. The molecule has 0 radical (unpaired) electrons. The molecule has 0 saturated heterocycles. The number of carbonyl (C=O) groups is 1. The van der Waals surface area contributed by atoms with E-state index in [2.05, 4.69) is 11.2 Å². The topological polar surface area (TPSA) is 87.2 Å². The fourth-order valence-electron chi connectivity index (χ4n) is 4.69. The molecule has 0 aliphatic heterocycles. The van der Waals surface area contributed by atoms with Gasteiger partial charge in [0.15, 0.2) is 0 Å². The molecule has 2 aromatic carbocycles. The zero-order valence-electron chi connectivity index (χ0n) is 18.7. The molecule has 3 aromatic rings. The van der Waals surface area contributed by atoms with E-state index >= 15 is 0 Å². The summed E-state index contributed by atoms with van der Waals surface area (Å²) >= 11 is 6.24. The van der Waals surface area contributed by atoms with Crippen LogP contribution in [0.2, 0.25) is 5.02 Å². The Morgan fingerprint density at radius 1 is 1.15 bits per heavy atom. The monoisotopic (exact) mass is 465 g/mol. The van der Waals surface area contributed by atoms with Crippen LogP contribution in [0.4, 0.5) is 0 Å². The van der Waals surface area contributed by atoms with Crippen LogP contribution < -0.4 is 11.3 Å². The number of nitrogens with two attached hydrogens (primary N) is 1. The fourth-order valence-corrected chi connectivity index (χ4v) is 4.88. The van der Waals surface area contributed by atoms with Crippen LogP contribution in [0.3, 0.4) is 0 Å². The molecule has 1 saturated carbocycles. The van der Waals surface area contributed by atoms with E-state index in [0.717, 1.165) is 36.8 Å². The number of halogens is 1. The Bertz CT molecular complexity index is 1180. The zero-order chi connectivity index (χ0) is 23.4. The van der Waals surface area contributed by atoms with Crippen molar-refractivity contribution in [2.45, 2.75) is 44.1 Å². The Morgan fingerprint density at radius 2 is 1.88 bits per heavy atom. The van der Waals surface area contributed by atoms with E-state index in [1.54, 1.807) is 6.92 Å². The molecule has 1 heterocycles. The normalized spacial score (nSPS) is 20.4. The first-order valence-electron chi connectivity index (χ1n) is 11.3. The van der Waals surface area contributed by atoms with Crippen LogP contribution in [0.25, 0.3) is 11.3 Å². The van der Waals surface area contributed by atoms with E-state index in [9.17, 15) is 9.59 Å². The molecule has 6 nitrogen and oxygen atoms in total. The van der Waals surface area contributed by atoms with Gasteiger partial charge in [0.1, 0.15) is 5.56 Å². The lowest BCUT2D eigenvalue weighted by atomic mass is 9.68. The predicted molar refractivity (Wildman–Crippen MR) is 130 cm³/mol. The molecule has 0 spiro atoms. The molecule has 1 fully saturated rings. The molecular weight excluding hydrogens is 438 g/mol. The van der Waals surface area contributed by atoms with Crippen molar-refractivity contribution in [2.24, 2.45) is 5.73 Å². The molecule has 0 atom stereocenters. The third-order valence-electron chi connectivity index (χ3n) is 6.59. The summed E-state index contributed by atoms with van der Waals surface area (Å²) in [5.74, 6) is -0.623. The molecule has 33 heavy (non-hydrogen) atoms. The molecule has 0 amide bonds. The molecule has 172 valence electrons. The van der Waals surface area contributed by atoms with Crippen molar-refractivity contribution in [1.82, 2.24) is 9.78 Å². The minimum Gasteiger partial charge on any atom is -0.462 e. The molecule has 4 rings (SSSR count). The van der Waals surface area contributed by atoms with Crippen LogP contribution in [0, 0.1) is 0 Å². The molecule has 2 N–H and O–H groups in total. The highest BCUT2D eigenvalue weighted by atomic mass is 35.5. The number of benzene rings is 2. The first-order valence-corrected chi connectivity index (χ1v) is 11.7. The average molecular weight is 466 g/mol. The van der Waals surface area contributed by atoms with E-state index in [-0.39, 0.29) is 23.6 Å². The summed E-state index contributed by atoms with van der Waals surface area (Å²) in [6, 6.07) is 18.8. The van der Waals surface area contributed by atoms with Crippen molar-refractivity contribution >= 4 is 17.6 Å². The van der Waals surface area contributed by atoms with Crippen molar-refractivity contribution in [1.29, 1.82) is 0 Å². The smallest absolute Gasteiger partial charge is 0.343 e. The number of hydrogen-bond acceptors (Lipinski definition) is 5. The van der Waals surface area contributed by atoms with Crippen molar-refractivity contribution in [3.63, 3.8) is 0 Å². The predicted octanol–water partition coefficient (Wildman–Crippen LogP) is 4.75. The standard InChI is InChI=1S/C26H28ClN3O3/c1-2-33-25(32)22-16-23(18-7-4-3-5-8-18)29-30(24(22)31)21-11-13-26(17-28,14-12-21)19-9-6-10-20(27)15-19/h3-10,15-16,21H,2,11-14,17,28H2,1H3. The van der Waals surface area contributed by atoms with Gasteiger partial charge in [0.05, 0.1) is 18.3 Å². The van der Waals surface area contributed by atoms with Crippen LogP contribution in [0.5, 0.6) is 0 Å². The van der Waals surface area contributed by atoms with E-state index < -0.39 is 11.5 Å². The summed E-state index contributed by atoms with van der Waals surface area (Å²) in [4.78, 5) is 25.8. The summed E-state index contributed by atoms with van der Waals surface area (Å²) in [5.41, 5.74) is 8.18. The fraction of sp³-hybridized carbons (Fsp3) is 0.346. The lowest BCUT2D eigenvalue weighted by Crippen LogP contribution is -2.42. The first kappa shape index (κ1) is 23.2. The number of ether oxygens (including phenoxy) is 1. The van der Waals surface area contributed by atoms with Gasteiger partial charge < -0.3 is 10.5 Å². The number of esters is 1. The lowest BCUT2D eigenvalue weighted by molar-refractivity contribution is 0.0522. The van der Waals surface area contributed by atoms with Gasteiger partial charge in [-0.25, -0.2) is 9.48 Å². The quantitative estimate of drug-likeness (QED) is 0.530. The number of carbonyl (C=O) groups excluding carboxylic acids is 1. The maximum absolute atomic E-state index is 13.3. The largest absolute Gasteiger partial charge is 0.462 e. The van der Waals surface area contributed by atoms with E-state index in [0.29, 0.717) is 17.3 Å². The highest BCUT2D eigenvalue weighted by Gasteiger charge is 2.37. The SMILES string of the molecule is CCOC(=O)c1cc(-c2ccccc2)nn(C2CCC(CN)(c3cccc(Cl)c3)CC2)c1=O. The lowest BCUT2D eigenvalue weighted by Gasteiger charge is -2.40. The molecule has 1 aromatic heterocycles. The highest BCUT2D eigenvalue weighted by Crippen LogP contribution is 2.42. The van der Waals surface area contributed by atoms with E-state index in [4.69, 9.17) is 22.1 Å². The van der Waals surface area contributed by atoms with Gasteiger partial charge in [0.25, 0.3) is 5.56 Å². The Labute approximate surface area is 198 Å². The van der Waals surface area contributed by atoms with Crippen LogP contribution >= 0.6 is 11.6 Å². The van der Waals surface area contributed by atoms with Gasteiger partial charge in [-0.05, 0) is 56.4 Å². The maximum atomic E-state index is 13.3.